The predicted octanol–water partition coefficient (Wildman–Crippen LogP) is 2.51. The van der Waals surface area contributed by atoms with Crippen molar-refractivity contribution in [3.05, 3.63) is 0 Å². The highest BCUT2D eigenvalue weighted by atomic mass is 16.5. The van der Waals surface area contributed by atoms with Crippen LogP contribution in [0.1, 0.15) is 73.6 Å². The number of rotatable bonds is 15. The number of nitrogens with one attached hydrogen (secondary N) is 1. The molecule has 7 nitrogen and oxygen atoms in total. The molecule has 0 spiro atoms. The lowest BCUT2D eigenvalue weighted by atomic mass is 9.87. The highest BCUT2D eigenvalue weighted by Gasteiger charge is 2.36. The van der Waals surface area contributed by atoms with Crippen molar-refractivity contribution in [3.63, 3.8) is 0 Å². The maximum Gasteiger partial charge on any atom is 0.305 e. The van der Waals surface area contributed by atoms with E-state index in [1.165, 1.54) is 0 Å². The van der Waals surface area contributed by atoms with Crippen molar-refractivity contribution in [1.29, 1.82) is 0 Å². The molecule has 0 radical (unpaired) electrons. The van der Waals surface area contributed by atoms with Crippen molar-refractivity contribution in [3.8, 4) is 0 Å². The monoisotopic (exact) mass is 388 g/mol. The molecule has 0 aromatic heterocycles. The van der Waals surface area contributed by atoms with Gasteiger partial charge in [0.05, 0.1) is 35.8 Å². The summed E-state index contributed by atoms with van der Waals surface area (Å²) in [5, 5.41) is 12.1. The molecule has 0 aliphatic heterocycles. The minimum absolute atomic E-state index is 0.222. The van der Waals surface area contributed by atoms with Gasteiger partial charge >= 0.3 is 5.97 Å². The quantitative estimate of drug-likeness (QED) is 0.395. The maximum atomic E-state index is 12.6. The first-order valence-corrected chi connectivity index (χ1v) is 9.80. The third-order valence-corrected chi connectivity index (χ3v) is 5.61. The first kappa shape index (κ1) is 26.0. The molecule has 0 fully saturated rings. The Kier molecular flexibility index (Phi) is 10.7. The topological polar surface area (TPSA) is 111 Å². The second-order valence-electron chi connectivity index (χ2n) is 8.30. The molecule has 2 unspecified atom stereocenters. The molecule has 0 saturated heterocycles. The molecule has 4 N–H and O–H groups in total. The van der Waals surface area contributed by atoms with Crippen LogP contribution in [0.3, 0.4) is 0 Å². The number of nitrogens with two attached hydrogens (primary N) is 1. The zero-order valence-corrected chi connectivity index (χ0v) is 18.2. The first-order valence-electron chi connectivity index (χ1n) is 9.80. The van der Waals surface area contributed by atoms with Gasteiger partial charge in [-0.1, -0.05) is 13.8 Å². The molecule has 0 aromatic carbocycles. The Morgan fingerprint density at radius 1 is 1.11 bits per heavy atom. The van der Waals surface area contributed by atoms with E-state index in [-0.39, 0.29) is 23.4 Å². The van der Waals surface area contributed by atoms with Gasteiger partial charge in [-0.25, -0.2) is 0 Å². The van der Waals surface area contributed by atoms with Gasteiger partial charge in [0, 0.05) is 7.11 Å². The van der Waals surface area contributed by atoms with Crippen LogP contribution in [0.4, 0.5) is 0 Å². The van der Waals surface area contributed by atoms with Crippen molar-refractivity contribution in [2.45, 2.75) is 96.4 Å². The summed E-state index contributed by atoms with van der Waals surface area (Å²) in [6.07, 6.45) is 2.54. The van der Waals surface area contributed by atoms with E-state index >= 15 is 0 Å². The summed E-state index contributed by atoms with van der Waals surface area (Å²) in [5.74, 6) is -1.34. The van der Waals surface area contributed by atoms with Crippen LogP contribution in [0.5, 0.6) is 0 Å². The average Bonchev–Trinajstić information content (AvgIpc) is 2.60. The van der Waals surface area contributed by atoms with E-state index in [1.807, 2.05) is 20.8 Å². The number of carboxylic acid groups (broad SMARTS) is 1. The number of carboxylic acids is 1. The van der Waals surface area contributed by atoms with Crippen molar-refractivity contribution >= 4 is 11.8 Å². The highest BCUT2D eigenvalue weighted by molar-refractivity contribution is 5.94. The molecular weight excluding hydrogens is 348 g/mol. The number of ketones is 1. The van der Waals surface area contributed by atoms with E-state index in [0.717, 1.165) is 19.3 Å². The summed E-state index contributed by atoms with van der Waals surface area (Å²) in [7, 11) is 1.70. The number of Topliss-reactive ketones (excluding diaryl/α,β-unsaturated/α-hetero) is 1. The van der Waals surface area contributed by atoms with Crippen LogP contribution in [0.25, 0.3) is 0 Å². The van der Waals surface area contributed by atoms with Crippen LogP contribution in [0, 0.1) is 0 Å². The summed E-state index contributed by atoms with van der Waals surface area (Å²) in [6, 6.07) is -1.01. The zero-order valence-electron chi connectivity index (χ0n) is 18.2. The van der Waals surface area contributed by atoms with Gasteiger partial charge in [-0.2, -0.15) is 0 Å². The van der Waals surface area contributed by atoms with Gasteiger partial charge in [-0.05, 0) is 59.9 Å². The number of methoxy groups -OCH3 is 1. The SMILES string of the molecule is CCC(C)(CCNC(C)(CC)C(=O)[C@@H](N)CC(=O)O)OCCC(C)(C)OC. The number of aliphatic carboxylic acids is 1. The summed E-state index contributed by atoms with van der Waals surface area (Å²) >= 11 is 0. The molecular formula is C20H40N2O5. The van der Waals surface area contributed by atoms with E-state index in [4.69, 9.17) is 20.3 Å². The summed E-state index contributed by atoms with van der Waals surface area (Å²) in [6.45, 7) is 13.0. The third kappa shape index (κ3) is 9.14. The fraction of sp³-hybridized carbons (Fsp3) is 0.900. The van der Waals surface area contributed by atoms with Crippen LogP contribution in [-0.4, -0.2) is 59.9 Å². The summed E-state index contributed by atoms with van der Waals surface area (Å²) in [4.78, 5) is 23.4. The largest absolute Gasteiger partial charge is 0.481 e. The van der Waals surface area contributed by atoms with E-state index in [0.29, 0.717) is 19.6 Å². The smallest absolute Gasteiger partial charge is 0.305 e. The van der Waals surface area contributed by atoms with E-state index in [9.17, 15) is 9.59 Å². The Bertz CT molecular complexity index is 483. The average molecular weight is 389 g/mol. The predicted molar refractivity (Wildman–Crippen MR) is 107 cm³/mol. The molecule has 0 saturated carbocycles. The van der Waals surface area contributed by atoms with Gasteiger partial charge in [0.15, 0.2) is 5.78 Å². The summed E-state index contributed by atoms with van der Waals surface area (Å²) < 4.78 is 11.5. The van der Waals surface area contributed by atoms with Crippen molar-refractivity contribution < 1.29 is 24.2 Å². The molecule has 0 heterocycles. The van der Waals surface area contributed by atoms with Crippen molar-refractivity contribution in [1.82, 2.24) is 5.32 Å². The Labute approximate surface area is 164 Å². The Balaban J connectivity index is 4.71. The van der Waals surface area contributed by atoms with Gasteiger partial charge in [0.25, 0.3) is 0 Å². The highest BCUT2D eigenvalue weighted by Crippen LogP contribution is 2.23. The van der Waals surface area contributed by atoms with Crippen LogP contribution >= 0.6 is 0 Å². The van der Waals surface area contributed by atoms with Gasteiger partial charge in [-0.15, -0.1) is 0 Å². The van der Waals surface area contributed by atoms with E-state index in [1.54, 1.807) is 14.0 Å². The molecule has 0 aliphatic carbocycles. The Morgan fingerprint density at radius 2 is 1.70 bits per heavy atom. The fourth-order valence-corrected chi connectivity index (χ4v) is 2.68. The normalized spacial score (nSPS) is 17.8. The van der Waals surface area contributed by atoms with Crippen molar-refractivity contribution in [2.75, 3.05) is 20.3 Å². The molecule has 0 bridgehead atoms. The number of hydrogen-bond acceptors (Lipinski definition) is 6. The number of ether oxygens (including phenoxy) is 2. The standard InChI is InChI=1S/C20H40N2O5/c1-8-19(5,27-13-11-18(3,4)26-7)10-12-22-20(6,9-2)17(25)15(21)14-16(23)24/h15,22H,8-14,21H2,1-7H3,(H,23,24)/t15-,19?,20?/m0/s1. The van der Waals surface area contributed by atoms with Crippen LogP contribution < -0.4 is 11.1 Å². The van der Waals surface area contributed by atoms with Gasteiger partial charge < -0.3 is 25.6 Å². The van der Waals surface area contributed by atoms with Gasteiger partial charge in [-0.3, -0.25) is 9.59 Å². The lowest BCUT2D eigenvalue weighted by Crippen LogP contribution is -2.56. The minimum Gasteiger partial charge on any atom is -0.481 e. The third-order valence-electron chi connectivity index (χ3n) is 5.61. The molecule has 3 atom stereocenters. The molecule has 7 heteroatoms. The molecule has 0 rings (SSSR count). The Hall–Kier alpha value is -1.02. The van der Waals surface area contributed by atoms with E-state index < -0.39 is 17.6 Å². The second-order valence-corrected chi connectivity index (χ2v) is 8.30. The fourth-order valence-electron chi connectivity index (χ4n) is 2.68. The molecule has 0 aliphatic rings. The maximum absolute atomic E-state index is 12.6. The first-order chi connectivity index (χ1) is 12.3. The Morgan fingerprint density at radius 3 is 2.15 bits per heavy atom. The lowest BCUT2D eigenvalue weighted by Gasteiger charge is -2.34. The second kappa shape index (κ2) is 11.1. The van der Waals surface area contributed by atoms with Crippen molar-refractivity contribution in [2.24, 2.45) is 5.73 Å². The minimum atomic E-state index is -1.07. The summed E-state index contributed by atoms with van der Waals surface area (Å²) in [5.41, 5.74) is 4.40. The number of hydrogen-bond donors (Lipinski definition) is 3. The molecule has 0 aromatic rings. The van der Waals surface area contributed by atoms with Crippen LogP contribution in [0.2, 0.25) is 0 Å². The van der Waals surface area contributed by atoms with Gasteiger partial charge in [0.1, 0.15) is 0 Å². The molecule has 0 amide bonds. The molecule has 27 heavy (non-hydrogen) atoms. The number of carbonyl (C=O) groups is 2. The van der Waals surface area contributed by atoms with Crippen LogP contribution in [0.15, 0.2) is 0 Å². The van der Waals surface area contributed by atoms with Crippen LogP contribution in [-0.2, 0) is 19.1 Å². The molecule has 160 valence electrons. The number of carbonyl (C=O) groups excluding carboxylic acids is 1. The van der Waals surface area contributed by atoms with E-state index in [2.05, 4.69) is 19.2 Å². The lowest BCUT2D eigenvalue weighted by molar-refractivity contribution is -0.140. The van der Waals surface area contributed by atoms with Gasteiger partial charge in [0.2, 0.25) is 0 Å². The zero-order chi connectivity index (χ0) is 21.3.